The topological polar surface area (TPSA) is 75.7 Å². The second kappa shape index (κ2) is 7.94. The van der Waals surface area contributed by atoms with Gasteiger partial charge in [-0.15, -0.1) is 0 Å². The largest absolute Gasteiger partial charge is 0.455 e. The van der Waals surface area contributed by atoms with Crippen molar-refractivity contribution in [2.75, 3.05) is 23.4 Å². The molecule has 0 radical (unpaired) electrons. The van der Waals surface area contributed by atoms with E-state index in [1.54, 1.807) is 6.07 Å². The normalized spacial score (nSPS) is 16.3. The minimum Gasteiger partial charge on any atom is -0.455 e. The van der Waals surface area contributed by atoms with E-state index in [9.17, 15) is 23.2 Å². The zero-order valence-electron chi connectivity index (χ0n) is 14.2. The van der Waals surface area contributed by atoms with Crippen molar-refractivity contribution in [1.29, 1.82) is 0 Å². The van der Waals surface area contributed by atoms with Crippen molar-refractivity contribution in [1.82, 2.24) is 0 Å². The van der Waals surface area contributed by atoms with E-state index in [-0.39, 0.29) is 18.7 Å². The van der Waals surface area contributed by atoms with Crippen LogP contribution in [0.1, 0.15) is 6.42 Å². The lowest BCUT2D eigenvalue weighted by molar-refractivity contribution is -0.151. The number of nitrogens with zero attached hydrogens (tertiary/aromatic N) is 1. The Morgan fingerprint density at radius 1 is 1.11 bits per heavy atom. The summed E-state index contributed by atoms with van der Waals surface area (Å²) in [6.45, 7) is -0.557. The highest BCUT2D eigenvalue weighted by Crippen LogP contribution is 2.27. The predicted molar refractivity (Wildman–Crippen MR) is 92.8 cm³/mol. The molecule has 0 bridgehead atoms. The van der Waals surface area contributed by atoms with Crippen molar-refractivity contribution in [2.45, 2.75) is 6.42 Å². The summed E-state index contributed by atoms with van der Waals surface area (Å²) >= 11 is 0. The molecule has 1 aliphatic heterocycles. The van der Waals surface area contributed by atoms with Crippen molar-refractivity contribution in [2.24, 2.45) is 5.92 Å². The fourth-order valence-corrected chi connectivity index (χ4v) is 2.75. The average molecular weight is 374 g/mol. The van der Waals surface area contributed by atoms with E-state index in [4.69, 9.17) is 4.74 Å². The molecule has 140 valence electrons. The van der Waals surface area contributed by atoms with Crippen LogP contribution in [0.15, 0.2) is 48.5 Å². The number of rotatable bonds is 5. The van der Waals surface area contributed by atoms with Gasteiger partial charge < -0.3 is 15.0 Å². The van der Waals surface area contributed by atoms with Crippen LogP contribution in [0.4, 0.5) is 20.2 Å². The molecule has 1 aliphatic rings. The molecule has 1 saturated heterocycles. The van der Waals surface area contributed by atoms with Crippen LogP contribution >= 0.6 is 0 Å². The van der Waals surface area contributed by atoms with Gasteiger partial charge in [0, 0.05) is 18.7 Å². The minimum atomic E-state index is -0.782. The van der Waals surface area contributed by atoms with Crippen LogP contribution in [0.3, 0.4) is 0 Å². The SMILES string of the molecule is O=C(COC(=O)[C@H]1CC(=O)N(c2ccccc2F)C1)Nc1ccc(F)cc1. The first kappa shape index (κ1) is 18.5. The first-order chi connectivity index (χ1) is 12.9. The first-order valence-electron chi connectivity index (χ1n) is 8.21. The van der Waals surface area contributed by atoms with Crippen LogP contribution in [0.5, 0.6) is 0 Å². The number of nitrogens with one attached hydrogen (secondary N) is 1. The first-order valence-corrected chi connectivity index (χ1v) is 8.21. The lowest BCUT2D eigenvalue weighted by Crippen LogP contribution is -2.28. The maximum atomic E-state index is 13.8. The lowest BCUT2D eigenvalue weighted by atomic mass is 10.1. The van der Waals surface area contributed by atoms with Crippen molar-refractivity contribution in [3.63, 3.8) is 0 Å². The molecular weight excluding hydrogens is 358 g/mol. The zero-order valence-corrected chi connectivity index (χ0v) is 14.2. The van der Waals surface area contributed by atoms with E-state index in [2.05, 4.69) is 5.32 Å². The third kappa shape index (κ3) is 4.46. The molecule has 2 aromatic carbocycles. The Bertz CT molecular complexity index is 870. The molecule has 1 N–H and O–H groups in total. The second-order valence-electron chi connectivity index (χ2n) is 6.02. The fourth-order valence-electron chi connectivity index (χ4n) is 2.75. The minimum absolute atomic E-state index is 0.0157. The number of carbonyl (C=O) groups excluding carboxylic acids is 3. The molecule has 1 heterocycles. The Morgan fingerprint density at radius 3 is 2.52 bits per heavy atom. The fraction of sp³-hybridized carbons (Fsp3) is 0.211. The summed E-state index contributed by atoms with van der Waals surface area (Å²) in [5.74, 6) is -3.47. The number of halogens is 2. The quantitative estimate of drug-likeness (QED) is 0.816. The van der Waals surface area contributed by atoms with Crippen LogP contribution in [-0.2, 0) is 19.1 Å². The van der Waals surface area contributed by atoms with Gasteiger partial charge in [-0.3, -0.25) is 14.4 Å². The summed E-state index contributed by atoms with van der Waals surface area (Å²) < 4.78 is 31.6. The van der Waals surface area contributed by atoms with Gasteiger partial charge in [0.05, 0.1) is 11.6 Å². The third-order valence-corrected chi connectivity index (χ3v) is 4.08. The number of anilines is 2. The summed E-state index contributed by atoms with van der Waals surface area (Å²) in [5, 5.41) is 2.46. The number of benzene rings is 2. The average Bonchev–Trinajstić information content (AvgIpc) is 3.04. The van der Waals surface area contributed by atoms with Crippen molar-refractivity contribution in [3.8, 4) is 0 Å². The molecule has 27 heavy (non-hydrogen) atoms. The monoisotopic (exact) mass is 374 g/mol. The molecule has 0 spiro atoms. The van der Waals surface area contributed by atoms with E-state index >= 15 is 0 Å². The van der Waals surface area contributed by atoms with Crippen LogP contribution in [-0.4, -0.2) is 30.9 Å². The van der Waals surface area contributed by atoms with E-state index in [0.29, 0.717) is 5.69 Å². The van der Waals surface area contributed by atoms with E-state index in [1.807, 2.05) is 0 Å². The van der Waals surface area contributed by atoms with Gasteiger partial charge in [-0.2, -0.15) is 0 Å². The molecule has 0 aromatic heterocycles. The molecule has 1 atom stereocenters. The lowest BCUT2D eigenvalue weighted by Gasteiger charge is -2.17. The molecule has 2 aromatic rings. The number of esters is 1. The Morgan fingerprint density at radius 2 is 1.81 bits per heavy atom. The van der Waals surface area contributed by atoms with Gasteiger partial charge in [0.2, 0.25) is 5.91 Å². The van der Waals surface area contributed by atoms with Crippen molar-refractivity contribution in [3.05, 3.63) is 60.2 Å². The van der Waals surface area contributed by atoms with Gasteiger partial charge in [0.15, 0.2) is 6.61 Å². The molecule has 1 fully saturated rings. The molecule has 8 heteroatoms. The van der Waals surface area contributed by atoms with Gasteiger partial charge in [0.25, 0.3) is 5.91 Å². The highest BCUT2D eigenvalue weighted by atomic mass is 19.1. The molecule has 2 amide bonds. The van der Waals surface area contributed by atoms with Gasteiger partial charge >= 0.3 is 5.97 Å². The van der Waals surface area contributed by atoms with Crippen LogP contribution in [0, 0.1) is 17.6 Å². The number of hydrogen-bond acceptors (Lipinski definition) is 4. The van der Waals surface area contributed by atoms with Crippen LogP contribution in [0.25, 0.3) is 0 Å². The van der Waals surface area contributed by atoms with Crippen molar-refractivity contribution >= 4 is 29.2 Å². The van der Waals surface area contributed by atoms with E-state index < -0.39 is 41.9 Å². The molecular formula is C19H16F2N2O4. The molecule has 3 rings (SSSR count). The van der Waals surface area contributed by atoms with Gasteiger partial charge in [-0.25, -0.2) is 8.78 Å². The third-order valence-electron chi connectivity index (χ3n) is 4.08. The molecule has 6 nitrogen and oxygen atoms in total. The molecule has 0 saturated carbocycles. The summed E-state index contributed by atoms with van der Waals surface area (Å²) in [7, 11) is 0. The standard InChI is InChI=1S/C19H16F2N2O4/c20-13-5-7-14(8-6-13)22-17(24)11-27-19(26)12-9-18(25)23(10-12)16-4-2-1-3-15(16)21/h1-8,12H,9-11H2,(H,22,24)/t12-/m0/s1. The summed E-state index contributed by atoms with van der Waals surface area (Å²) in [6.07, 6.45) is -0.118. The highest BCUT2D eigenvalue weighted by Gasteiger charge is 2.37. The summed E-state index contributed by atoms with van der Waals surface area (Å²) in [5.41, 5.74) is 0.464. The van der Waals surface area contributed by atoms with Gasteiger partial charge in [-0.05, 0) is 36.4 Å². The summed E-state index contributed by atoms with van der Waals surface area (Å²) in [4.78, 5) is 37.2. The summed E-state index contributed by atoms with van der Waals surface area (Å²) in [6, 6.07) is 10.9. The molecule has 0 unspecified atom stereocenters. The van der Waals surface area contributed by atoms with Crippen LogP contribution in [0.2, 0.25) is 0 Å². The highest BCUT2D eigenvalue weighted by molar-refractivity contribution is 6.00. The number of ether oxygens (including phenoxy) is 1. The Kier molecular flexibility index (Phi) is 5.44. The zero-order chi connectivity index (χ0) is 19.4. The smallest absolute Gasteiger partial charge is 0.311 e. The maximum Gasteiger partial charge on any atom is 0.311 e. The number of amides is 2. The predicted octanol–water partition coefficient (Wildman–Crippen LogP) is 2.50. The second-order valence-corrected chi connectivity index (χ2v) is 6.02. The number of para-hydroxylation sites is 1. The van der Waals surface area contributed by atoms with Gasteiger partial charge in [0.1, 0.15) is 11.6 Å². The number of carbonyl (C=O) groups is 3. The van der Waals surface area contributed by atoms with E-state index in [0.717, 1.165) is 0 Å². The Balaban J connectivity index is 1.53. The van der Waals surface area contributed by atoms with E-state index in [1.165, 1.54) is 47.4 Å². The number of hydrogen-bond donors (Lipinski definition) is 1. The molecule has 0 aliphatic carbocycles. The van der Waals surface area contributed by atoms with Crippen molar-refractivity contribution < 1.29 is 27.9 Å². The Hall–Kier alpha value is -3.29. The van der Waals surface area contributed by atoms with Gasteiger partial charge in [-0.1, -0.05) is 12.1 Å². The maximum absolute atomic E-state index is 13.8. The van der Waals surface area contributed by atoms with Crippen LogP contribution < -0.4 is 10.2 Å². The Labute approximate surface area is 153 Å².